The molecule has 0 radical (unpaired) electrons. The first-order valence-corrected chi connectivity index (χ1v) is 7.95. The highest BCUT2D eigenvalue weighted by Crippen LogP contribution is 2.22. The third-order valence-electron chi connectivity index (χ3n) is 4.15. The predicted octanol–water partition coefficient (Wildman–Crippen LogP) is 1.68. The van der Waals surface area contributed by atoms with Crippen LogP contribution in [-0.2, 0) is 0 Å². The van der Waals surface area contributed by atoms with E-state index in [1.807, 2.05) is 0 Å². The number of piperazine rings is 1. The van der Waals surface area contributed by atoms with Crippen LogP contribution in [0, 0.1) is 13.8 Å². The first-order chi connectivity index (χ1) is 10.2. The Bertz CT molecular complexity index is 409. The Morgan fingerprint density at radius 1 is 1.00 bits per heavy atom. The van der Waals surface area contributed by atoms with Gasteiger partial charge < -0.3 is 14.7 Å². The standard InChI is InChI=1S/C17H28N2O2/c1-15-5-3-6-16(2)17(15)21-14-4-7-18-8-10-19(11-9-18)12-13-20/h3,5-6,20H,4,7-14H2,1-2H3. The lowest BCUT2D eigenvalue weighted by molar-refractivity contribution is 0.108. The highest BCUT2D eigenvalue weighted by molar-refractivity contribution is 5.39. The second-order valence-electron chi connectivity index (χ2n) is 5.83. The molecule has 1 N–H and O–H groups in total. The van der Waals surface area contributed by atoms with Crippen molar-refractivity contribution in [3.8, 4) is 5.75 Å². The van der Waals surface area contributed by atoms with Crippen molar-refractivity contribution in [1.82, 2.24) is 9.80 Å². The van der Waals surface area contributed by atoms with Crippen LogP contribution in [0.1, 0.15) is 17.5 Å². The molecule has 0 spiro atoms. The Balaban J connectivity index is 1.64. The van der Waals surface area contributed by atoms with Crippen LogP contribution in [0.2, 0.25) is 0 Å². The lowest BCUT2D eigenvalue weighted by Gasteiger charge is -2.34. The van der Waals surface area contributed by atoms with Gasteiger partial charge in [0.05, 0.1) is 13.2 Å². The van der Waals surface area contributed by atoms with Crippen molar-refractivity contribution in [2.75, 3.05) is 52.5 Å². The van der Waals surface area contributed by atoms with E-state index in [0.29, 0.717) is 0 Å². The van der Waals surface area contributed by atoms with Crippen LogP contribution < -0.4 is 4.74 Å². The summed E-state index contributed by atoms with van der Waals surface area (Å²) in [6, 6.07) is 6.27. The molecule has 1 fully saturated rings. The van der Waals surface area contributed by atoms with Gasteiger partial charge in [-0.25, -0.2) is 0 Å². The monoisotopic (exact) mass is 292 g/mol. The molecular formula is C17H28N2O2. The molecule has 1 aromatic rings. The van der Waals surface area contributed by atoms with Gasteiger partial charge in [0.1, 0.15) is 5.75 Å². The van der Waals surface area contributed by atoms with Crippen molar-refractivity contribution in [1.29, 1.82) is 0 Å². The molecule has 118 valence electrons. The normalized spacial score (nSPS) is 17.1. The molecular weight excluding hydrogens is 264 g/mol. The molecule has 0 aliphatic carbocycles. The summed E-state index contributed by atoms with van der Waals surface area (Å²) in [5.74, 6) is 1.05. The maximum Gasteiger partial charge on any atom is 0.125 e. The molecule has 0 saturated carbocycles. The van der Waals surface area contributed by atoms with Gasteiger partial charge in [-0.3, -0.25) is 4.90 Å². The number of hydrogen-bond donors (Lipinski definition) is 1. The number of para-hydroxylation sites is 1. The number of rotatable bonds is 7. The maximum atomic E-state index is 8.94. The van der Waals surface area contributed by atoms with E-state index in [-0.39, 0.29) is 6.61 Å². The second-order valence-corrected chi connectivity index (χ2v) is 5.83. The minimum absolute atomic E-state index is 0.267. The van der Waals surface area contributed by atoms with E-state index in [2.05, 4.69) is 41.8 Å². The Kier molecular flexibility index (Phi) is 6.49. The van der Waals surface area contributed by atoms with E-state index in [0.717, 1.165) is 58.0 Å². The molecule has 1 heterocycles. The number of β-amino-alcohol motifs (C(OH)–C–C–N with tert-alkyl or cyclic N) is 1. The van der Waals surface area contributed by atoms with Crippen molar-refractivity contribution < 1.29 is 9.84 Å². The molecule has 21 heavy (non-hydrogen) atoms. The topological polar surface area (TPSA) is 35.9 Å². The molecule has 1 aromatic carbocycles. The molecule has 0 amide bonds. The summed E-state index contributed by atoms with van der Waals surface area (Å²) in [6.45, 7) is 11.5. The van der Waals surface area contributed by atoms with Crippen molar-refractivity contribution in [3.63, 3.8) is 0 Å². The fourth-order valence-electron chi connectivity index (χ4n) is 2.87. The molecule has 1 aliphatic rings. The predicted molar refractivity (Wildman–Crippen MR) is 86.0 cm³/mol. The number of aliphatic hydroxyl groups excluding tert-OH is 1. The fraction of sp³-hybridized carbons (Fsp3) is 0.647. The highest BCUT2D eigenvalue weighted by Gasteiger charge is 2.15. The zero-order valence-corrected chi connectivity index (χ0v) is 13.3. The summed E-state index contributed by atoms with van der Waals surface area (Å²) in [5.41, 5.74) is 2.43. The van der Waals surface area contributed by atoms with Crippen molar-refractivity contribution >= 4 is 0 Å². The quantitative estimate of drug-likeness (QED) is 0.776. The van der Waals surface area contributed by atoms with Crippen LogP contribution in [0.15, 0.2) is 18.2 Å². The van der Waals surface area contributed by atoms with Gasteiger partial charge in [-0.1, -0.05) is 18.2 Å². The Labute approximate surface area is 128 Å². The summed E-state index contributed by atoms with van der Waals surface area (Å²) in [7, 11) is 0. The van der Waals surface area contributed by atoms with Gasteiger partial charge in [0.25, 0.3) is 0 Å². The van der Waals surface area contributed by atoms with E-state index < -0.39 is 0 Å². The van der Waals surface area contributed by atoms with Gasteiger partial charge in [-0.2, -0.15) is 0 Å². The van der Waals surface area contributed by atoms with Gasteiger partial charge in [0.2, 0.25) is 0 Å². The molecule has 1 aliphatic heterocycles. The van der Waals surface area contributed by atoms with E-state index in [1.165, 1.54) is 11.1 Å². The van der Waals surface area contributed by atoms with Gasteiger partial charge in [0, 0.05) is 39.3 Å². The first-order valence-electron chi connectivity index (χ1n) is 7.95. The minimum atomic E-state index is 0.267. The zero-order chi connectivity index (χ0) is 15.1. The van der Waals surface area contributed by atoms with Crippen LogP contribution >= 0.6 is 0 Å². The van der Waals surface area contributed by atoms with Crippen LogP contribution in [-0.4, -0.2) is 67.4 Å². The summed E-state index contributed by atoms with van der Waals surface area (Å²) in [5, 5.41) is 8.94. The summed E-state index contributed by atoms with van der Waals surface area (Å²) < 4.78 is 5.95. The van der Waals surface area contributed by atoms with Crippen LogP contribution in [0.4, 0.5) is 0 Å². The average molecular weight is 292 g/mol. The summed E-state index contributed by atoms with van der Waals surface area (Å²) in [4.78, 5) is 4.81. The smallest absolute Gasteiger partial charge is 0.125 e. The number of nitrogens with zero attached hydrogens (tertiary/aromatic N) is 2. The summed E-state index contributed by atoms with van der Waals surface area (Å²) >= 11 is 0. The Morgan fingerprint density at radius 3 is 2.14 bits per heavy atom. The van der Waals surface area contributed by atoms with Crippen molar-refractivity contribution in [3.05, 3.63) is 29.3 Å². The lowest BCUT2D eigenvalue weighted by Crippen LogP contribution is -2.47. The maximum absolute atomic E-state index is 8.94. The van der Waals surface area contributed by atoms with Crippen molar-refractivity contribution in [2.45, 2.75) is 20.3 Å². The van der Waals surface area contributed by atoms with Gasteiger partial charge >= 0.3 is 0 Å². The molecule has 0 bridgehead atoms. The van der Waals surface area contributed by atoms with Gasteiger partial charge in [0.15, 0.2) is 0 Å². The first kappa shape index (κ1) is 16.3. The number of hydrogen-bond acceptors (Lipinski definition) is 4. The van der Waals surface area contributed by atoms with E-state index in [1.54, 1.807) is 0 Å². The second kappa shape index (κ2) is 8.37. The zero-order valence-electron chi connectivity index (χ0n) is 13.3. The van der Waals surface area contributed by atoms with Gasteiger partial charge in [-0.15, -0.1) is 0 Å². The molecule has 0 atom stereocenters. The number of aliphatic hydroxyl groups is 1. The minimum Gasteiger partial charge on any atom is -0.493 e. The number of benzene rings is 1. The van der Waals surface area contributed by atoms with E-state index in [4.69, 9.17) is 9.84 Å². The number of aryl methyl sites for hydroxylation is 2. The third kappa shape index (κ3) is 4.99. The number of ether oxygens (including phenoxy) is 1. The van der Waals surface area contributed by atoms with Crippen LogP contribution in [0.25, 0.3) is 0 Å². The lowest BCUT2D eigenvalue weighted by atomic mass is 10.1. The molecule has 1 saturated heterocycles. The summed E-state index contributed by atoms with van der Waals surface area (Å²) in [6.07, 6.45) is 1.06. The fourth-order valence-corrected chi connectivity index (χ4v) is 2.87. The van der Waals surface area contributed by atoms with E-state index >= 15 is 0 Å². The van der Waals surface area contributed by atoms with Gasteiger partial charge in [-0.05, 0) is 31.4 Å². The largest absolute Gasteiger partial charge is 0.493 e. The highest BCUT2D eigenvalue weighted by atomic mass is 16.5. The van der Waals surface area contributed by atoms with Crippen molar-refractivity contribution in [2.24, 2.45) is 0 Å². The molecule has 4 heteroatoms. The molecule has 0 unspecified atom stereocenters. The third-order valence-corrected chi connectivity index (χ3v) is 4.15. The Morgan fingerprint density at radius 2 is 1.57 bits per heavy atom. The molecule has 0 aromatic heterocycles. The van der Waals surface area contributed by atoms with E-state index in [9.17, 15) is 0 Å². The van der Waals surface area contributed by atoms with Crippen LogP contribution in [0.5, 0.6) is 5.75 Å². The molecule has 2 rings (SSSR count). The van der Waals surface area contributed by atoms with Crippen LogP contribution in [0.3, 0.4) is 0 Å². The SMILES string of the molecule is Cc1cccc(C)c1OCCCN1CCN(CCO)CC1. The average Bonchev–Trinajstić information content (AvgIpc) is 2.48. The Hall–Kier alpha value is -1.10. The molecule has 4 nitrogen and oxygen atoms in total.